The molecule has 0 aromatic carbocycles. The van der Waals surface area contributed by atoms with E-state index in [2.05, 4.69) is 29.2 Å². The van der Waals surface area contributed by atoms with E-state index in [4.69, 9.17) is 4.74 Å². The van der Waals surface area contributed by atoms with Crippen molar-refractivity contribution < 1.29 is 4.74 Å². The summed E-state index contributed by atoms with van der Waals surface area (Å²) in [5, 5.41) is 7.75. The van der Waals surface area contributed by atoms with Crippen LogP contribution in [0.2, 0.25) is 0 Å². The minimum absolute atomic E-state index is 0.664. The molecule has 5 heteroatoms. The number of hydrogen-bond donors (Lipinski definition) is 1. The summed E-state index contributed by atoms with van der Waals surface area (Å²) in [4.78, 5) is 4.34. The summed E-state index contributed by atoms with van der Waals surface area (Å²) in [5.41, 5.74) is 0. The van der Waals surface area contributed by atoms with E-state index in [1.54, 1.807) is 6.33 Å². The first kappa shape index (κ1) is 13.5. The van der Waals surface area contributed by atoms with E-state index in [0.717, 1.165) is 51.5 Å². The fourth-order valence-electron chi connectivity index (χ4n) is 2.22. The molecular formula is C13H24N4O. The van der Waals surface area contributed by atoms with Crippen molar-refractivity contribution in [2.45, 2.75) is 39.8 Å². The second-order valence-corrected chi connectivity index (χ2v) is 5.44. The maximum Gasteiger partial charge on any atom is 0.140 e. The van der Waals surface area contributed by atoms with E-state index >= 15 is 0 Å². The van der Waals surface area contributed by atoms with E-state index in [1.165, 1.54) is 0 Å². The summed E-state index contributed by atoms with van der Waals surface area (Å²) in [6.07, 6.45) is 3.93. The molecule has 1 aromatic rings. The van der Waals surface area contributed by atoms with Crippen molar-refractivity contribution in [3.8, 4) is 0 Å². The van der Waals surface area contributed by atoms with Crippen molar-refractivity contribution in [1.29, 1.82) is 0 Å². The van der Waals surface area contributed by atoms with E-state index < -0.39 is 0 Å². The molecule has 1 aliphatic rings. The first-order valence-corrected chi connectivity index (χ1v) is 6.91. The molecule has 0 bridgehead atoms. The highest BCUT2D eigenvalue weighted by molar-refractivity contribution is 4.85. The van der Waals surface area contributed by atoms with Crippen LogP contribution < -0.4 is 5.32 Å². The molecule has 2 rings (SSSR count). The highest BCUT2D eigenvalue weighted by Crippen LogP contribution is 2.16. The van der Waals surface area contributed by atoms with Gasteiger partial charge in [0, 0.05) is 19.8 Å². The maximum absolute atomic E-state index is 5.38. The summed E-state index contributed by atoms with van der Waals surface area (Å²) in [5.74, 6) is 2.39. The van der Waals surface area contributed by atoms with Crippen LogP contribution in [-0.4, -0.2) is 34.5 Å². The predicted octanol–water partition coefficient (Wildman–Crippen LogP) is 1.45. The van der Waals surface area contributed by atoms with E-state index in [9.17, 15) is 0 Å². The monoisotopic (exact) mass is 252 g/mol. The SMILES string of the molecule is CC(C)CNCc1ncnn1CC1CCOCC1. The van der Waals surface area contributed by atoms with Crippen LogP contribution in [0.25, 0.3) is 0 Å². The highest BCUT2D eigenvalue weighted by Gasteiger charge is 2.16. The van der Waals surface area contributed by atoms with Crippen LogP contribution in [0.1, 0.15) is 32.5 Å². The Hall–Kier alpha value is -0.940. The molecule has 1 aliphatic heterocycles. The van der Waals surface area contributed by atoms with Gasteiger partial charge < -0.3 is 10.1 Å². The molecule has 5 nitrogen and oxygen atoms in total. The summed E-state index contributed by atoms with van der Waals surface area (Å²) in [6.45, 7) is 8.99. The van der Waals surface area contributed by atoms with Crippen molar-refractivity contribution in [2.24, 2.45) is 11.8 Å². The lowest BCUT2D eigenvalue weighted by Gasteiger charge is -2.22. The van der Waals surface area contributed by atoms with Crippen molar-refractivity contribution in [2.75, 3.05) is 19.8 Å². The molecule has 0 amide bonds. The molecule has 18 heavy (non-hydrogen) atoms. The number of ether oxygens (including phenoxy) is 1. The van der Waals surface area contributed by atoms with Crippen molar-refractivity contribution in [3.63, 3.8) is 0 Å². The van der Waals surface area contributed by atoms with Crippen molar-refractivity contribution >= 4 is 0 Å². The lowest BCUT2D eigenvalue weighted by atomic mass is 10.0. The zero-order chi connectivity index (χ0) is 12.8. The molecule has 0 aliphatic carbocycles. The molecule has 0 saturated carbocycles. The fourth-order valence-corrected chi connectivity index (χ4v) is 2.22. The maximum atomic E-state index is 5.38. The Morgan fingerprint density at radius 3 is 2.94 bits per heavy atom. The lowest BCUT2D eigenvalue weighted by molar-refractivity contribution is 0.0598. The van der Waals surface area contributed by atoms with Gasteiger partial charge in [-0.05, 0) is 31.2 Å². The van der Waals surface area contributed by atoms with Crippen LogP contribution in [0, 0.1) is 11.8 Å². The van der Waals surface area contributed by atoms with Gasteiger partial charge in [0.15, 0.2) is 0 Å². The average molecular weight is 252 g/mol. The topological polar surface area (TPSA) is 52.0 Å². The number of aromatic nitrogens is 3. The molecule has 1 N–H and O–H groups in total. The summed E-state index contributed by atoms with van der Waals surface area (Å²) in [6, 6.07) is 0. The number of rotatable bonds is 6. The zero-order valence-corrected chi connectivity index (χ0v) is 11.4. The molecule has 0 spiro atoms. The Morgan fingerprint density at radius 1 is 1.44 bits per heavy atom. The van der Waals surface area contributed by atoms with Gasteiger partial charge in [0.2, 0.25) is 0 Å². The Balaban J connectivity index is 1.82. The molecule has 1 aromatic heterocycles. The second kappa shape index (κ2) is 6.85. The van der Waals surface area contributed by atoms with Crippen LogP contribution in [0.15, 0.2) is 6.33 Å². The first-order chi connectivity index (χ1) is 8.75. The van der Waals surface area contributed by atoms with Crippen LogP contribution in [0.4, 0.5) is 0 Å². The third kappa shape index (κ3) is 4.07. The van der Waals surface area contributed by atoms with Gasteiger partial charge in [-0.2, -0.15) is 5.10 Å². The average Bonchev–Trinajstić information content (AvgIpc) is 2.78. The van der Waals surface area contributed by atoms with Crippen LogP contribution in [-0.2, 0) is 17.8 Å². The second-order valence-electron chi connectivity index (χ2n) is 5.44. The van der Waals surface area contributed by atoms with Gasteiger partial charge in [-0.25, -0.2) is 9.67 Å². The van der Waals surface area contributed by atoms with E-state index in [0.29, 0.717) is 11.8 Å². The molecular weight excluding hydrogens is 228 g/mol. The van der Waals surface area contributed by atoms with Gasteiger partial charge in [0.25, 0.3) is 0 Å². The highest BCUT2D eigenvalue weighted by atomic mass is 16.5. The minimum Gasteiger partial charge on any atom is -0.381 e. The molecule has 102 valence electrons. The van der Waals surface area contributed by atoms with Gasteiger partial charge in [0.05, 0.1) is 6.54 Å². The van der Waals surface area contributed by atoms with Crippen molar-refractivity contribution in [1.82, 2.24) is 20.1 Å². The molecule has 1 fully saturated rings. The largest absolute Gasteiger partial charge is 0.381 e. The predicted molar refractivity (Wildman–Crippen MR) is 70.1 cm³/mol. The first-order valence-electron chi connectivity index (χ1n) is 6.91. The third-order valence-electron chi connectivity index (χ3n) is 3.30. The molecule has 1 saturated heterocycles. The summed E-state index contributed by atoms with van der Waals surface area (Å²) >= 11 is 0. The minimum atomic E-state index is 0.664. The Bertz CT molecular complexity index is 345. The Morgan fingerprint density at radius 2 is 2.22 bits per heavy atom. The molecule has 2 heterocycles. The molecule has 0 atom stereocenters. The Labute approximate surface area is 109 Å². The quantitative estimate of drug-likeness (QED) is 0.832. The van der Waals surface area contributed by atoms with Gasteiger partial charge >= 0.3 is 0 Å². The van der Waals surface area contributed by atoms with Crippen molar-refractivity contribution in [3.05, 3.63) is 12.2 Å². The van der Waals surface area contributed by atoms with Crippen LogP contribution in [0.5, 0.6) is 0 Å². The standard InChI is InChI=1S/C13H24N4O/c1-11(2)7-14-8-13-15-10-16-17(13)9-12-3-5-18-6-4-12/h10-12,14H,3-9H2,1-2H3. The number of nitrogens with one attached hydrogen (secondary N) is 1. The van der Waals surface area contributed by atoms with E-state index in [-0.39, 0.29) is 0 Å². The lowest BCUT2D eigenvalue weighted by Crippen LogP contribution is -2.25. The normalized spacial score (nSPS) is 17.5. The van der Waals surface area contributed by atoms with Gasteiger partial charge in [-0.3, -0.25) is 0 Å². The molecule has 0 radical (unpaired) electrons. The van der Waals surface area contributed by atoms with Crippen LogP contribution >= 0.6 is 0 Å². The zero-order valence-electron chi connectivity index (χ0n) is 11.4. The third-order valence-corrected chi connectivity index (χ3v) is 3.30. The Kier molecular flexibility index (Phi) is 5.13. The summed E-state index contributed by atoms with van der Waals surface area (Å²) < 4.78 is 7.43. The van der Waals surface area contributed by atoms with Gasteiger partial charge in [-0.1, -0.05) is 13.8 Å². The van der Waals surface area contributed by atoms with E-state index in [1.807, 2.05) is 4.68 Å². The van der Waals surface area contributed by atoms with Gasteiger partial charge in [0.1, 0.15) is 12.2 Å². The van der Waals surface area contributed by atoms with Crippen LogP contribution in [0.3, 0.4) is 0 Å². The fraction of sp³-hybridized carbons (Fsp3) is 0.846. The number of nitrogens with zero attached hydrogens (tertiary/aromatic N) is 3. The summed E-state index contributed by atoms with van der Waals surface area (Å²) in [7, 11) is 0. The molecule has 0 unspecified atom stereocenters. The smallest absolute Gasteiger partial charge is 0.140 e. The van der Waals surface area contributed by atoms with Gasteiger partial charge in [-0.15, -0.1) is 0 Å². The number of hydrogen-bond acceptors (Lipinski definition) is 4.